The van der Waals surface area contributed by atoms with Gasteiger partial charge in [-0.25, -0.2) is 0 Å². The maximum Gasteiger partial charge on any atom is 0.0624 e. The van der Waals surface area contributed by atoms with Crippen molar-refractivity contribution in [2.24, 2.45) is 40.4 Å². The lowest BCUT2D eigenvalue weighted by molar-refractivity contribution is -0.177. The molecular weight excluding hydrogens is 312 g/mol. The Kier molecular flexibility index (Phi) is 4.53. The average Bonchev–Trinajstić information content (AvgIpc) is 2.82. The minimum Gasteiger partial charge on any atom is -0.393 e. The molecular formula is C22H38O3. The van der Waals surface area contributed by atoms with Crippen LogP contribution in [-0.2, 0) is 0 Å². The summed E-state index contributed by atoms with van der Waals surface area (Å²) in [7, 11) is 0. The van der Waals surface area contributed by atoms with Gasteiger partial charge in [-0.05, 0) is 91.8 Å². The summed E-state index contributed by atoms with van der Waals surface area (Å²) in [6.07, 6.45) is 8.78. The minimum atomic E-state index is -0.245. The monoisotopic (exact) mass is 350 g/mol. The van der Waals surface area contributed by atoms with E-state index in [0.29, 0.717) is 29.6 Å². The molecule has 4 saturated carbocycles. The summed E-state index contributed by atoms with van der Waals surface area (Å²) in [5.74, 6) is 2.28. The van der Waals surface area contributed by atoms with Crippen LogP contribution in [0.25, 0.3) is 0 Å². The Labute approximate surface area is 153 Å². The Hall–Kier alpha value is -0.120. The molecule has 5 unspecified atom stereocenters. The Morgan fingerprint density at radius 2 is 1.60 bits per heavy atom. The standard InChI is InChI=1S/C22H38O3/c1-4-5-13-10-17-19-16(7-9-22(17,3)20(13)25)21(2)8-6-15(23)11-14(21)12-18(19)24/h13-20,23-25H,4-12H2,1-3H3/t13?,14?,15?,16-,17+,18?,19-,20?,21+,22+/m1/s1. The number of hydrogen-bond acceptors (Lipinski definition) is 3. The van der Waals surface area contributed by atoms with Crippen LogP contribution in [0.1, 0.15) is 78.6 Å². The second-order valence-electron chi connectivity index (χ2n) is 10.5. The fourth-order valence-corrected chi connectivity index (χ4v) is 8.00. The molecule has 10 atom stereocenters. The molecule has 0 aromatic rings. The van der Waals surface area contributed by atoms with Crippen molar-refractivity contribution in [2.45, 2.75) is 96.9 Å². The third kappa shape index (κ3) is 2.56. The first-order chi connectivity index (χ1) is 11.8. The molecule has 0 amide bonds. The van der Waals surface area contributed by atoms with Gasteiger partial charge >= 0.3 is 0 Å². The van der Waals surface area contributed by atoms with Crippen LogP contribution in [0.2, 0.25) is 0 Å². The van der Waals surface area contributed by atoms with Gasteiger partial charge in [0, 0.05) is 0 Å². The van der Waals surface area contributed by atoms with Crippen LogP contribution in [0.5, 0.6) is 0 Å². The average molecular weight is 351 g/mol. The molecule has 4 aliphatic carbocycles. The topological polar surface area (TPSA) is 60.7 Å². The summed E-state index contributed by atoms with van der Waals surface area (Å²) in [6, 6.07) is 0. The fourth-order valence-electron chi connectivity index (χ4n) is 8.00. The van der Waals surface area contributed by atoms with Crippen LogP contribution in [-0.4, -0.2) is 33.6 Å². The molecule has 3 heteroatoms. The number of aliphatic hydroxyl groups is 3. The first-order valence-corrected chi connectivity index (χ1v) is 10.9. The van der Waals surface area contributed by atoms with E-state index in [2.05, 4.69) is 20.8 Å². The summed E-state index contributed by atoms with van der Waals surface area (Å²) in [5, 5.41) is 32.4. The van der Waals surface area contributed by atoms with Crippen molar-refractivity contribution in [2.75, 3.05) is 0 Å². The molecule has 4 fully saturated rings. The number of rotatable bonds is 2. The minimum absolute atomic E-state index is 0.000634. The maximum atomic E-state index is 11.1. The maximum absolute atomic E-state index is 11.1. The number of aliphatic hydroxyl groups excluding tert-OH is 3. The summed E-state index contributed by atoms with van der Waals surface area (Å²) in [4.78, 5) is 0. The first-order valence-electron chi connectivity index (χ1n) is 10.9. The number of fused-ring (bicyclic) bond motifs is 5. The fraction of sp³-hybridized carbons (Fsp3) is 1.00. The first kappa shape index (κ1) is 18.3. The van der Waals surface area contributed by atoms with Crippen LogP contribution in [0.15, 0.2) is 0 Å². The summed E-state index contributed by atoms with van der Waals surface area (Å²) in [6.45, 7) is 6.97. The highest BCUT2D eigenvalue weighted by Gasteiger charge is 2.63. The predicted molar refractivity (Wildman–Crippen MR) is 98.9 cm³/mol. The van der Waals surface area contributed by atoms with Crippen LogP contribution < -0.4 is 0 Å². The molecule has 4 aliphatic rings. The summed E-state index contributed by atoms with van der Waals surface area (Å²) in [5.41, 5.74) is 0.275. The molecule has 0 saturated heterocycles. The molecule has 0 aliphatic heterocycles. The van der Waals surface area contributed by atoms with E-state index in [1.165, 1.54) is 0 Å². The van der Waals surface area contributed by atoms with Gasteiger partial charge in [-0.3, -0.25) is 0 Å². The Balaban J connectivity index is 1.64. The van der Waals surface area contributed by atoms with Crippen LogP contribution in [0.3, 0.4) is 0 Å². The smallest absolute Gasteiger partial charge is 0.0624 e. The lowest BCUT2D eigenvalue weighted by Gasteiger charge is -2.61. The molecule has 0 spiro atoms. The third-order valence-corrected chi connectivity index (χ3v) is 9.43. The molecule has 0 radical (unpaired) electrons. The normalized spacial score (nSPS) is 58.3. The Morgan fingerprint density at radius 1 is 0.880 bits per heavy atom. The van der Waals surface area contributed by atoms with Crippen molar-refractivity contribution >= 4 is 0 Å². The zero-order valence-electron chi connectivity index (χ0n) is 16.3. The zero-order valence-corrected chi connectivity index (χ0v) is 16.3. The van der Waals surface area contributed by atoms with Crippen molar-refractivity contribution in [1.82, 2.24) is 0 Å². The highest BCUT2D eigenvalue weighted by Crippen LogP contribution is 2.67. The van der Waals surface area contributed by atoms with E-state index in [1.54, 1.807) is 0 Å². The second kappa shape index (κ2) is 6.21. The molecule has 0 aromatic carbocycles. The molecule has 3 nitrogen and oxygen atoms in total. The second-order valence-corrected chi connectivity index (χ2v) is 10.5. The molecule has 4 rings (SSSR count). The lowest BCUT2D eigenvalue weighted by atomic mass is 9.44. The quantitative estimate of drug-likeness (QED) is 0.711. The zero-order chi connectivity index (χ0) is 18.0. The van der Waals surface area contributed by atoms with Crippen molar-refractivity contribution in [3.8, 4) is 0 Å². The third-order valence-electron chi connectivity index (χ3n) is 9.43. The highest BCUT2D eigenvalue weighted by atomic mass is 16.3. The van der Waals surface area contributed by atoms with Gasteiger partial charge in [0.05, 0.1) is 18.3 Å². The molecule has 0 bridgehead atoms. The van der Waals surface area contributed by atoms with E-state index in [-0.39, 0.29) is 29.1 Å². The highest BCUT2D eigenvalue weighted by molar-refractivity contribution is 5.12. The largest absolute Gasteiger partial charge is 0.393 e. The predicted octanol–water partition coefficient (Wildman–Crippen LogP) is 3.75. The lowest BCUT2D eigenvalue weighted by Crippen LogP contribution is -2.58. The van der Waals surface area contributed by atoms with Crippen molar-refractivity contribution in [1.29, 1.82) is 0 Å². The van der Waals surface area contributed by atoms with E-state index >= 15 is 0 Å². The van der Waals surface area contributed by atoms with Crippen LogP contribution in [0, 0.1) is 40.4 Å². The molecule has 0 heterocycles. The van der Waals surface area contributed by atoms with Gasteiger partial charge in [0.15, 0.2) is 0 Å². The van der Waals surface area contributed by atoms with Gasteiger partial charge in [0.25, 0.3) is 0 Å². The van der Waals surface area contributed by atoms with E-state index in [0.717, 1.165) is 57.8 Å². The van der Waals surface area contributed by atoms with Crippen LogP contribution >= 0.6 is 0 Å². The van der Waals surface area contributed by atoms with Crippen LogP contribution in [0.4, 0.5) is 0 Å². The Morgan fingerprint density at radius 3 is 2.32 bits per heavy atom. The van der Waals surface area contributed by atoms with Gasteiger partial charge in [0.1, 0.15) is 0 Å². The van der Waals surface area contributed by atoms with Crippen molar-refractivity contribution in [3.63, 3.8) is 0 Å². The van der Waals surface area contributed by atoms with Gasteiger partial charge in [-0.2, -0.15) is 0 Å². The summed E-state index contributed by atoms with van der Waals surface area (Å²) < 4.78 is 0. The van der Waals surface area contributed by atoms with E-state index in [9.17, 15) is 15.3 Å². The van der Waals surface area contributed by atoms with Gasteiger partial charge < -0.3 is 15.3 Å². The van der Waals surface area contributed by atoms with E-state index in [4.69, 9.17) is 0 Å². The molecule has 3 N–H and O–H groups in total. The van der Waals surface area contributed by atoms with Gasteiger partial charge in [-0.1, -0.05) is 27.2 Å². The van der Waals surface area contributed by atoms with Crippen molar-refractivity contribution < 1.29 is 15.3 Å². The molecule has 25 heavy (non-hydrogen) atoms. The number of hydrogen-bond donors (Lipinski definition) is 3. The van der Waals surface area contributed by atoms with E-state index < -0.39 is 0 Å². The summed E-state index contributed by atoms with van der Waals surface area (Å²) >= 11 is 0. The Bertz CT molecular complexity index is 506. The molecule has 144 valence electrons. The SMILES string of the molecule is CCCC1C[C@H]2[C@@H]3C(O)CC4CC(O)CC[C@]4(C)[C@@H]3CC[C@]2(C)C1O. The van der Waals surface area contributed by atoms with Gasteiger partial charge in [-0.15, -0.1) is 0 Å². The van der Waals surface area contributed by atoms with Gasteiger partial charge in [0.2, 0.25) is 0 Å². The van der Waals surface area contributed by atoms with Crippen molar-refractivity contribution in [3.05, 3.63) is 0 Å². The molecule has 0 aromatic heterocycles. The van der Waals surface area contributed by atoms with E-state index in [1.807, 2.05) is 0 Å².